The fraction of sp³-hybridized carbons (Fsp3) is 0.667. The van der Waals surface area contributed by atoms with Crippen LogP contribution in [0.4, 0.5) is 0 Å². The maximum Gasteiger partial charge on any atom is 0.249 e. The molecule has 16 heavy (non-hydrogen) atoms. The molecule has 1 fully saturated rings. The van der Waals surface area contributed by atoms with E-state index in [0.29, 0.717) is 13.2 Å². The van der Waals surface area contributed by atoms with Crippen LogP contribution in [0.3, 0.4) is 0 Å². The van der Waals surface area contributed by atoms with Crippen molar-refractivity contribution in [2.24, 2.45) is 0 Å². The molecule has 0 spiro atoms. The Hall–Kier alpha value is -1.47. The minimum atomic E-state index is -0.471. The molecule has 0 saturated carbocycles. The lowest BCUT2D eigenvalue weighted by molar-refractivity contribution is -0.148. The zero-order valence-electron chi connectivity index (χ0n) is 9.02. The molecular formula is C9H14N2O5. The van der Waals surface area contributed by atoms with Gasteiger partial charge >= 0.3 is 0 Å². The van der Waals surface area contributed by atoms with Crippen molar-refractivity contribution in [2.45, 2.75) is 0 Å². The molecule has 7 nitrogen and oxygen atoms in total. The van der Waals surface area contributed by atoms with Crippen LogP contribution in [-0.2, 0) is 23.9 Å². The molecule has 1 aliphatic heterocycles. The van der Waals surface area contributed by atoms with Gasteiger partial charge in [-0.2, -0.15) is 0 Å². The molecule has 0 radical (unpaired) electrons. The number of piperazine rings is 1. The number of carbonyl (C=O) groups excluding carboxylic acids is 3. The van der Waals surface area contributed by atoms with Gasteiger partial charge in [0.15, 0.2) is 0 Å². The Bertz CT molecular complexity index is 276. The molecule has 90 valence electrons. The van der Waals surface area contributed by atoms with Gasteiger partial charge in [0.25, 0.3) is 0 Å². The number of rotatable bonds is 5. The first kappa shape index (κ1) is 12.6. The third-order valence-electron chi connectivity index (χ3n) is 1.96. The smallest absolute Gasteiger partial charge is 0.249 e. The highest BCUT2D eigenvalue weighted by molar-refractivity contribution is 6.02. The lowest BCUT2D eigenvalue weighted by Crippen LogP contribution is -2.54. The highest BCUT2D eigenvalue weighted by Crippen LogP contribution is 1.96. The first-order valence-electron chi connectivity index (χ1n) is 4.80. The molecule has 0 aliphatic carbocycles. The summed E-state index contributed by atoms with van der Waals surface area (Å²) in [6, 6.07) is 0. The van der Waals surface area contributed by atoms with Crippen LogP contribution >= 0.6 is 0 Å². The molecular weight excluding hydrogens is 216 g/mol. The summed E-state index contributed by atoms with van der Waals surface area (Å²) in [5.41, 5.74) is 0. The Balaban J connectivity index is 2.30. The van der Waals surface area contributed by atoms with Crippen molar-refractivity contribution in [1.29, 1.82) is 0 Å². The minimum absolute atomic E-state index is 0.0990. The van der Waals surface area contributed by atoms with Gasteiger partial charge in [0.2, 0.25) is 17.7 Å². The second-order valence-corrected chi connectivity index (χ2v) is 3.27. The summed E-state index contributed by atoms with van der Waals surface area (Å²) in [4.78, 5) is 34.6. The zero-order valence-corrected chi connectivity index (χ0v) is 9.02. The van der Waals surface area contributed by atoms with Crippen LogP contribution in [0.25, 0.3) is 0 Å². The number of carbonyl (C=O) groups is 3. The lowest BCUT2D eigenvalue weighted by Gasteiger charge is -2.25. The molecule has 1 rings (SSSR count). The zero-order chi connectivity index (χ0) is 12.0. The number of ether oxygens (including phenoxy) is 2. The van der Waals surface area contributed by atoms with Crippen LogP contribution in [0.1, 0.15) is 0 Å². The summed E-state index contributed by atoms with van der Waals surface area (Å²) < 4.78 is 9.74. The van der Waals surface area contributed by atoms with E-state index in [1.165, 1.54) is 7.11 Å². The van der Waals surface area contributed by atoms with Crippen LogP contribution < -0.4 is 5.32 Å². The Morgan fingerprint density at radius 3 is 2.50 bits per heavy atom. The third-order valence-corrected chi connectivity index (χ3v) is 1.96. The molecule has 1 N–H and O–H groups in total. The predicted octanol–water partition coefficient (Wildman–Crippen LogP) is -1.87. The maximum absolute atomic E-state index is 11.5. The number of nitrogens with zero attached hydrogens (tertiary/aromatic N) is 1. The summed E-state index contributed by atoms with van der Waals surface area (Å²) in [5, 5.41) is 2.11. The minimum Gasteiger partial charge on any atom is -0.382 e. The van der Waals surface area contributed by atoms with E-state index in [1.54, 1.807) is 0 Å². The molecule has 7 heteroatoms. The molecule has 0 unspecified atom stereocenters. The van der Waals surface area contributed by atoms with E-state index in [9.17, 15) is 14.4 Å². The van der Waals surface area contributed by atoms with Gasteiger partial charge in [-0.05, 0) is 0 Å². The molecule has 0 bridgehead atoms. The van der Waals surface area contributed by atoms with E-state index < -0.39 is 11.8 Å². The van der Waals surface area contributed by atoms with Gasteiger partial charge in [-0.3, -0.25) is 19.7 Å². The molecule has 1 heterocycles. The third kappa shape index (κ3) is 3.95. The van der Waals surface area contributed by atoms with Gasteiger partial charge in [-0.1, -0.05) is 0 Å². The Morgan fingerprint density at radius 2 is 1.94 bits per heavy atom. The summed E-state index contributed by atoms with van der Waals surface area (Å²) in [7, 11) is 1.53. The maximum atomic E-state index is 11.5. The lowest BCUT2D eigenvalue weighted by atomic mass is 10.3. The fourth-order valence-corrected chi connectivity index (χ4v) is 1.21. The van der Waals surface area contributed by atoms with E-state index in [0.717, 1.165) is 4.90 Å². The van der Waals surface area contributed by atoms with E-state index >= 15 is 0 Å². The Morgan fingerprint density at radius 1 is 1.31 bits per heavy atom. The van der Waals surface area contributed by atoms with E-state index in [2.05, 4.69) is 5.32 Å². The largest absolute Gasteiger partial charge is 0.382 e. The van der Waals surface area contributed by atoms with Gasteiger partial charge in [0, 0.05) is 7.11 Å². The number of hydrogen-bond acceptors (Lipinski definition) is 5. The molecule has 0 aromatic rings. The molecule has 0 aromatic heterocycles. The van der Waals surface area contributed by atoms with E-state index in [-0.39, 0.29) is 25.6 Å². The summed E-state index contributed by atoms with van der Waals surface area (Å²) >= 11 is 0. The highest BCUT2D eigenvalue weighted by Gasteiger charge is 2.25. The first-order chi connectivity index (χ1) is 7.63. The van der Waals surface area contributed by atoms with Crippen LogP contribution in [0.2, 0.25) is 0 Å². The topological polar surface area (TPSA) is 84.9 Å². The normalized spacial score (nSPS) is 16.2. The van der Waals surface area contributed by atoms with Gasteiger partial charge in [0.1, 0.15) is 19.7 Å². The van der Waals surface area contributed by atoms with Gasteiger partial charge in [-0.25, -0.2) is 0 Å². The van der Waals surface area contributed by atoms with Gasteiger partial charge in [-0.15, -0.1) is 0 Å². The summed E-state index contributed by atoms with van der Waals surface area (Å²) in [6.45, 7) is 0.350. The predicted molar refractivity (Wildman–Crippen MR) is 52.4 cm³/mol. The molecule has 0 aromatic carbocycles. The van der Waals surface area contributed by atoms with Crippen molar-refractivity contribution in [3.8, 4) is 0 Å². The van der Waals surface area contributed by atoms with Gasteiger partial charge < -0.3 is 14.4 Å². The van der Waals surface area contributed by atoms with Crippen molar-refractivity contribution < 1.29 is 23.9 Å². The molecule has 0 atom stereocenters. The van der Waals surface area contributed by atoms with Crippen molar-refractivity contribution in [3.63, 3.8) is 0 Å². The number of imide groups is 1. The van der Waals surface area contributed by atoms with Crippen molar-refractivity contribution in [1.82, 2.24) is 10.2 Å². The first-order valence-corrected chi connectivity index (χ1v) is 4.80. The Labute approximate surface area is 92.7 Å². The van der Waals surface area contributed by atoms with Gasteiger partial charge in [0.05, 0.1) is 13.2 Å². The van der Waals surface area contributed by atoms with E-state index in [1.807, 2.05) is 0 Å². The second-order valence-electron chi connectivity index (χ2n) is 3.27. The number of methoxy groups -OCH3 is 1. The monoisotopic (exact) mass is 230 g/mol. The number of nitrogens with one attached hydrogen (secondary N) is 1. The van der Waals surface area contributed by atoms with Crippen molar-refractivity contribution >= 4 is 17.7 Å². The highest BCUT2D eigenvalue weighted by atomic mass is 16.5. The number of hydrogen-bond donors (Lipinski definition) is 1. The second kappa shape index (κ2) is 6.19. The SMILES string of the molecule is COCCOCC(=O)N1CC(=O)NC(=O)C1. The van der Waals surface area contributed by atoms with Crippen LogP contribution in [0.15, 0.2) is 0 Å². The Kier molecular flexibility index (Phi) is 4.87. The standard InChI is InChI=1S/C9H14N2O5/c1-15-2-3-16-6-9(14)11-4-7(12)10-8(13)5-11/h2-6H2,1H3,(H,10,12,13). The average Bonchev–Trinajstić information content (AvgIpc) is 2.22. The molecule has 3 amide bonds. The molecule has 1 saturated heterocycles. The number of amides is 3. The van der Waals surface area contributed by atoms with Crippen LogP contribution in [-0.4, -0.2) is 62.6 Å². The summed E-state index contributed by atoms with van der Waals surface area (Å²) in [5.74, 6) is -1.32. The van der Waals surface area contributed by atoms with Crippen molar-refractivity contribution in [3.05, 3.63) is 0 Å². The van der Waals surface area contributed by atoms with E-state index in [4.69, 9.17) is 9.47 Å². The summed E-state index contributed by atoms with van der Waals surface area (Å²) in [6.07, 6.45) is 0. The quantitative estimate of drug-likeness (QED) is 0.442. The molecule has 1 aliphatic rings. The van der Waals surface area contributed by atoms with Crippen molar-refractivity contribution in [2.75, 3.05) is 40.0 Å². The fourth-order valence-electron chi connectivity index (χ4n) is 1.21. The van der Waals surface area contributed by atoms with Crippen LogP contribution in [0.5, 0.6) is 0 Å². The average molecular weight is 230 g/mol. The van der Waals surface area contributed by atoms with Crippen LogP contribution in [0, 0.1) is 0 Å².